The molecule has 0 unspecified atom stereocenters. The second kappa shape index (κ2) is 8.55. The Hall–Kier alpha value is -2.52. The van der Waals surface area contributed by atoms with Gasteiger partial charge in [0, 0.05) is 42.3 Å². The third-order valence-corrected chi connectivity index (χ3v) is 7.16. The molecule has 2 aromatic heterocycles. The summed E-state index contributed by atoms with van der Waals surface area (Å²) in [5.74, 6) is 0.601. The molecule has 0 bridgehead atoms. The van der Waals surface area contributed by atoms with E-state index >= 15 is 0 Å². The molecule has 166 valence electrons. The zero-order valence-corrected chi connectivity index (χ0v) is 19.2. The van der Waals surface area contributed by atoms with Crippen molar-refractivity contribution in [1.82, 2.24) is 24.0 Å². The molecule has 10 heteroatoms. The summed E-state index contributed by atoms with van der Waals surface area (Å²) >= 11 is 6.11. The largest absolute Gasteiger partial charge is 0.331 e. The van der Waals surface area contributed by atoms with E-state index < -0.39 is 16.1 Å². The van der Waals surface area contributed by atoms with Crippen LogP contribution in [0.15, 0.2) is 30.5 Å². The van der Waals surface area contributed by atoms with E-state index in [1.54, 1.807) is 9.58 Å². The van der Waals surface area contributed by atoms with E-state index in [0.29, 0.717) is 18.1 Å². The number of fused-ring (bicyclic) bond motifs is 1. The number of aromatic nitrogens is 3. The molecule has 1 saturated heterocycles. The first-order valence-corrected chi connectivity index (χ1v) is 12.4. The lowest BCUT2D eigenvalue weighted by molar-refractivity contribution is 0.192. The molecule has 1 fully saturated rings. The summed E-state index contributed by atoms with van der Waals surface area (Å²) < 4.78 is 31.2. The van der Waals surface area contributed by atoms with E-state index in [1.165, 1.54) is 0 Å². The van der Waals surface area contributed by atoms with Crippen molar-refractivity contribution in [2.45, 2.75) is 32.6 Å². The van der Waals surface area contributed by atoms with Crippen molar-refractivity contribution in [2.75, 3.05) is 18.8 Å². The molecule has 4 rings (SSSR count). The van der Waals surface area contributed by atoms with Crippen molar-refractivity contribution in [2.24, 2.45) is 7.05 Å². The molecule has 0 spiro atoms. The Morgan fingerprint density at radius 1 is 1.19 bits per heavy atom. The molecule has 0 aliphatic carbocycles. The van der Waals surface area contributed by atoms with Gasteiger partial charge in [-0.05, 0) is 56.9 Å². The first kappa shape index (κ1) is 21.7. The number of hydrogen-bond donors (Lipinski definition) is 1. The number of halogens is 1. The molecule has 1 aromatic carbocycles. The highest BCUT2D eigenvalue weighted by Crippen LogP contribution is 2.27. The average Bonchev–Trinajstić information content (AvgIpc) is 3.25. The Bertz CT molecular complexity index is 1230. The van der Waals surface area contributed by atoms with Crippen LogP contribution in [0.3, 0.4) is 0 Å². The molecule has 1 aliphatic rings. The van der Waals surface area contributed by atoms with Crippen molar-refractivity contribution < 1.29 is 13.2 Å². The average molecular weight is 464 g/mol. The van der Waals surface area contributed by atoms with Crippen LogP contribution in [-0.2, 0) is 23.5 Å². The highest BCUT2D eigenvalue weighted by atomic mass is 35.5. The van der Waals surface area contributed by atoms with E-state index in [-0.39, 0.29) is 12.2 Å². The van der Waals surface area contributed by atoms with Crippen LogP contribution < -0.4 is 4.72 Å². The molecular formula is C21H26ClN5O3S. The van der Waals surface area contributed by atoms with Gasteiger partial charge in [0.05, 0.1) is 17.0 Å². The first-order valence-electron chi connectivity index (χ1n) is 10.3. The van der Waals surface area contributed by atoms with E-state index in [1.807, 2.05) is 49.0 Å². The molecular weight excluding hydrogens is 438 g/mol. The number of nitrogens with zero attached hydrogens (tertiary/aromatic N) is 4. The lowest BCUT2D eigenvalue weighted by atomic mass is 10.1. The van der Waals surface area contributed by atoms with Crippen LogP contribution in [0.1, 0.15) is 30.5 Å². The van der Waals surface area contributed by atoms with Crippen LogP contribution in [0.5, 0.6) is 0 Å². The standard InChI is InChI=1S/C21H26ClN5O3S/c1-15-18(9-13-31(29,30)24-21(28)26-10-4-3-5-11-26)20(25(2)23-15)27-12-8-16-14-17(22)6-7-19(16)27/h6-8,12,14H,3-5,9-11,13H2,1-2H3,(H,24,28). The fourth-order valence-electron chi connectivity index (χ4n) is 4.16. The molecule has 1 N–H and O–H groups in total. The number of hydrogen-bond acceptors (Lipinski definition) is 4. The summed E-state index contributed by atoms with van der Waals surface area (Å²) in [5.41, 5.74) is 2.53. The molecule has 1 aliphatic heterocycles. The molecule has 8 nitrogen and oxygen atoms in total. The molecule has 2 amide bonds. The predicted octanol–water partition coefficient (Wildman–Crippen LogP) is 3.39. The van der Waals surface area contributed by atoms with Gasteiger partial charge in [0.2, 0.25) is 10.0 Å². The topological polar surface area (TPSA) is 89.2 Å². The number of urea groups is 1. The Morgan fingerprint density at radius 3 is 2.68 bits per heavy atom. The molecule has 31 heavy (non-hydrogen) atoms. The van der Waals surface area contributed by atoms with Gasteiger partial charge in [-0.15, -0.1) is 0 Å². The smallest absolute Gasteiger partial charge is 0.324 e. The second-order valence-electron chi connectivity index (χ2n) is 7.92. The SMILES string of the molecule is Cc1nn(C)c(-n2ccc3cc(Cl)ccc32)c1CCS(=O)(=O)NC(=O)N1CCCCC1. The van der Waals surface area contributed by atoms with Crippen LogP contribution in [-0.4, -0.2) is 52.5 Å². The fraction of sp³-hybridized carbons (Fsp3) is 0.429. The van der Waals surface area contributed by atoms with E-state index in [4.69, 9.17) is 11.6 Å². The van der Waals surface area contributed by atoms with Crippen molar-refractivity contribution >= 4 is 38.6 Å². The number of piperidine rings is 1. The summed E-state index contributed by atoms with van der Waals surface area (Å²) in [7, 11) is -1.94. The number of amides is 2. The highest BCUT2D eigenvalue weighted by Gasteiger charge is 2.24. The van der Waals surface area contributed by atoms with Crippen molar-refractivity contribution in [3.8, 4) is 5.82 Å². The van der Waals surface area contributed by atoms with E-state index in [9.17, 15) is 13.2 Å². The van der Waals surface area contributed by atoms with Crippen molar-refractivity contribution in [3.05, 3.63) is 46.7 Å². The van der Waals surface area contributed by atoms with Gasteiger partial charge in [0.15, 0.2) is 0 Å². The van der Waals surface area contributed by atoms with Crippen LogP contribution in [0, 0.1) is 6.92 Å². The number of sulfonamides is 1. The molecule has 0 saturated carbocycles. The summed E-state index contributed by atoms with van der Waals surface area (Å²) in [6.07, 6.45) is 5.04. The van der Waals surface area contributed by atoms with Crippen molar-refractivity contribution in [3.63, 3.8) is 0 Å². The summed E-state index contributed by atoms with van der Waals surface area (Å²) in [6.45, 7) is 3.05. The van der Waals surface area contributed by atoms with Gasteiger partial charge in [0.25, 0.3) is 0 Å². The molecule has 3 heterocycles. The minimum absolute atomic E-state index is 0.197. The third-order valence-electron chi connectivity index (χ3n) is 5.70. The Kier molecular flexibility index (Phi) is 5.98. The fourth-order valence-corrected chi connectivity index (χ4v) is 5.31. The quantitative estimate of drug-likeness (QED) is 0.628. The minimum Gasteiger partial charge on any atom is -0.324 e. The number of rotatable bonds is 5. The van der Waals surface area contributed by atoms with Crippen LogP contribution in [0.4, 0.5) is 4.79 Å². The van der Waals surface area contributed by atoms with Crippen LogP contribution >= 0.6 is 11.6 Å². The maximum Gasteiger partial charge on any atom is 0.331 e. The number of nitrogens with one attached hydrogen (secondary N) is 1. The van der Waals surface area contributed by atoms with Gasteiger partial charge in [-0.1, -0.05) is 11.6 Å². The van der Waals surface area contributed by atoms with Gasteiger partial charge < -0.3 is 9.47 Å². The number of likely N-dealkylation sites (tertiary alicyclic amines) is 1. The number of carbonyl (C=O) groups is 1. The molecule has 3 aromatic rings. The van der Waals surface area contributed by atoms with Gasteiger partial charge in [-0.2, -0.15) is 5.10 Å². The lowest BCUT2D eigenvalue weighted by Crippen LogP contribution is -2.45. The van der Waals surface area contributed by atoms with Crippen LogP contribution in [0.25, 0.3) is 16.7 Å². The van der Waals surface area contributed by atoms with Crippen molar-refractivity contribution in [1.29, 1.82) is 0 Å². The monoisotopic (exact) mass is 463 g/mol. The zero-order valence-electron chi connectivity index (χ0n) is 17.6. The first-order chi connectivity index (χ1) is 14.7. The number of carbonyl (C=O) groups excluding carboxylic acids is 1. The van der Waals surface area contributed by atoms with Gasteiger partial charge in [-0.25, -0.2) is 17.9 Å². The van der Waals surface area contributed by atoms with Gasteiger partial charge in [0.1, 0.15) is 5.82 Å². The lowest BCUT2D eigenvalue weighted by Gasteiger charge is -2.26. The maximum absolute atomic E-state index is 12.6. The van der Waals surface area contributed by atoms with E-state index in [0.717, 1.165) is 47.2 Å². The Balaban J connectivity index is 1.56. The van der Waals surface area contributed by atoms with Gasteiger partial charge in [-0.3, -0.25) is 4.68 Å². The van der Waals surface area contributed by atoms with E-state index in [2.05, 4.69) is 9.82 Å². The molecule has 0 radical (unpaired) electrons. The highest BCUT2D eigenvalue weighted by molar-refractivity contribution is 7.90. The third kappa shape index (κ3) is 4.57. The summed E-state index contributed by atoms with van der Waals surface area (Å²) in [4.78, 5) is 13.9. The number of benzene rings is 1. The minimum atomic E-state index is -3.77. The summed E-state index contributed by atoms with van der Waals surface area (Å²) in [6, 6.07) is 7.07. The predicted molar refractivity (Wildman–Crippen MR) is 121 cm³/mol. The second-order valence-corrected chi connectivity index (χ2v) is 10.2. The maximum atomic E-state index is 12.6. The van der Waals surface area contributed by atoms with Gasteiger partial charge >= 0.3 is 6.03 Å². The normalized spacial score (nSPS) is 14.9. The molecule has 0 atom stereocenters. The Labute approximate surface area is 186 Å². The summed E-state index contributed by atoms with van der Waals surface area (Å²) in [5, 5.41) is 6.15. The Morgan fingerprint density at radius 2 is 1.94 bits per heavy atom. The van der Waals surface area contributed by atoms with Crippen LogP contribution in [0.2, 0.25) is 5.02 Å². The zero-order chi connectivity index (χ0) is 22.2. The number of aryl methyl sites for hydroxylation is 2.